The normalized spacial score (nSPS) is 16.1. The third-order valence-corrected chi connectivity index (χ3v) is 5.88. The Morgan fingerprint density at radius 1 is 1.07 bits per heavy atom. The van der Waals surface area contributed by atoms with Crippen LogP contribution in [0.2, 0.25) is 5.02 Å². The monoisotopic (exact) mass is 405 g/mol. The van der Waals surface area contributed by atoms with Gasteiger partial charge in [0.25, 0.3) is 0 Å². The van der Waals surface area contributed by atoms with Crippen molar-refractivity contribution in [3.63, 3.8) is 0 Å². The number of hydrogen-bond acceptors (Lipinski definition) is 4. The predicted molar refractivity (Wildman–Crippen MR) is 113 cm³/mol. The van der Waals surface area contributed by atoms with Crippen molar-refractivity contribution in [2.45, 2.75) is 20.0 Å². The number of ether oxygens (including phenoxy) is 2. The Kier molecular flexibility index (Phi) is 7.05. The number of benzene rings is 2. The molecule has 1 aliphatic rings. The summed E-state index contributed by atoms with van der Waals surface area (Å²) in [5.74, 6) is 1.64. The molecule has 1 fully saturated rings. The highest BCUT2D eigenvalue weighted by atomic mass is 35.5. The fourth-order valence-electron chi connectivity index (χ4n) is 3.65. The third-order valence-electron chi connectivity index (χ3n) is 5.28. The van der Waals surface area contributed by atoms with Crippen LogP contribution in [0.25, 0.3) is 0 Å². The van der Waals surface area contributed by atoms with E-state index in [0.29, 0.717) is 13.2 Å². The topological polar surface area (TPSA) is 46.4 Å². The molecule has 3 rings (SSSR count). The van der Waals surface area contributed by atoms with Crippen molar-refractivity contribution in [1.82, 2.24) is 0 Å². The second-order valence-corrected chi connectivity index (χ2v) is 7.85. The van der Waals surface area contributed by atoms with Crippen LogP contribution >= 0.6 is 11.6 Å². The molecular weight excluding hydrogens is 376 g/mol. The van der Waals surface area contributed by atoms with Crippen LogP contribution in [0.5, 0.6) is 11.5 Å². The lowest BCUT2D eigenvalue weighted by molar-refractivity contribution is -0.903. The molecule has 28 heavy (non-hydrogen) atoms. The van der Waals surface area contributed by atoms with Crippen LogP contribution < -0.4 is 19.3 Å². The molecule has 0 amide bonds. The van der Waals surface area contributed by atoms with Gasteiger partial charge in [0, 0.05) is 10.7 Å². The number of quaternary nitrogens is 1. The van der Waals surface area contributed by atoms with Crippen molar-refractivity contribution in [3.05, 3.63) is 52.5 Å². The molecule has 0 aromatic heterocycles. The molecule has 0 spiro atoms. The average molecular weight is 406 g/mol. The Bertz CT molecular complexity index is 751. The second-order valence-electron chi connectivity index (χ2n) is 7.48. The summed E-state index contributed by atoms with van der Waals surface area (Å²) in [5, 5.41) is 11.2. The van der Waals surface area contributed by atoms with Gasteiger partial charge in [0.2, 0.25) is 0 Å². The molecule has 1 saturated heterocycles. The lowest BCUT2D eigenvalue weighted by Gasteiger charge is -2.34. The maximum Gasteiger partial charge on any atom is 0.137 e. The summed E-state index contributed by atoms with van der Waals surface area (Å²) < 4.78 is 11.0. The van der Waals surface area contributed by atoms with Gasteiger partial charge in [-0.05, 0) is 61.4 Å². The fraction of sp³-hybridized carbons (Fsp3) is 0.455. The number of aliphatic hydroxyl groups is 1. The number of aliphatic hydroxyl groups excluding tert-OH is 1. The van der Waals surface area contributed by atoms with Crippen molar-refractivity contribution in [2.75, 3.05) is 51.3 Å². The molecular formula is C22H30ClN2O3+. The first-order valence-electron chi connectivity index (χ1n) is 9.76. The summed E-state index contributed by atoms with van der Waals surface area (Å²) in [7, 11) is 1.68. The van der Waals surface area contributed by atoms with E-state index in [0.717, 1.165) is 53.8 Å². The third kappa shape index (κ3) is 5.31. The van der Waals surface area contributed by atoms with Crippen LogP contribution in [0, 0.1) is 13.8 Å². The lowest BCUT2D eigenvalue weighted by Crippen LogP contribution is -3.16. The minimum absolute atomic E-state index is 0.298. The molecule has 2 N–H and O–H groups in total. The molecule has 5 nitrogen and oxygen atoms in total. The van der Waals surface area contributed by atoms with Crippen LogP contribution in [-0.4, -0.2) is 57.7 Å². The summed E-state index contributed by atoms with van der Waals surface area (Å²) in [6, 6.07) is 12.0. The standard InChI is InChI=1S/C22H29ClN2O3/c1-16-12-21(13-17(2)22(16)23)28-15-19(26)14-24-8-10-25(11-9-24)18-4-6-20(27-3)7-5-18/h4-7,12-13,19,26H,8-11,14-15H2,1-3H3/p+1/t19-/m0/s1. The van der Waals surface area contributed by atoms with Gasteiger partial charge < -0.3 is 24.4 Å². The van der Waals surface area contributed by atoms with Crippen LogP contribution in [-0.2, 0) is 0 Å². The molecule has 1 heterocycles. The number of nitrogens with one attached hydrogen (secondary N) is 1. The molecule has 0 saturated carbocycles. The van der Waals surface area contributed by atoms with Gasteiger partial charge in [0.15, 0.2) is 0 Å². The van der Waals surface area contributed by atoms with Gasteiger partial charge >= 0.3 is 0 Å². The number of piperazine rings is 1. The van der Waals surface area contributed by atoms with Gasteiger partial charge in [-0.3, -0.25) is 0 Å². The molecule has 2 aromatic carbocycles. The van der Waals surface area contributed by atoms with Gasteiger partial charge in [-0.2, -0.15) is 0 Å². The van der Waals surface area contributed by atoms with E-state index >= 15 is 0 Å². The van der Waals surface area contributed by atoms with E-state index in [2.05, 4.69) is 17.0 Å². The molecule has 152 valence electrons. The number of halogens is 1. The summed E-state index contributed by atoms with van der Waals surface area (Å²) in [4.78, 5) is 3.79. The number of rotatable bonds is 7. The Balaban J connectivity index is 1.44. The maximum absolute atomic E-state index is 10.4. The summed E-state index contributed by atoms with van der Waals surface area (Å²) in [5.41, 5.74) is 3.20. The van der Waals surface area contributed by atoms with Gasteiger partial charge in [-0.15, -0.1) is 0 Å². The van der Waals surface area contributed by atoms with Crippen LogP contribution in [0.15, 0.2) is 36.4 Å². The number of nitrogens with zero attached hydrogens (tertiary/aromatic N) is 1. The van der Waals surface area contributed by atoms with Gasteiger partial charge in [0.05, 0.1) is 33.3 Å². The van der Waals surface area contributed by atoms with E-state index in [1.54, 1.807) is 7.11 Å². The van der Waals surface area contributed by atoms with E-state index in [4.69, 9.17) is 21.1 Å². The first-order valence-corrected chi connectivity index (χ1v) is 10.1. The summed E-state index contributed by atoms with van der Waals surface area (Å²) in [6.07, 6.45) is -0.487. The lowest BCUT2D eigenvalue weighted by atomic mass is 10.1. The van der Waals surface area contributed by atoms with Crippen LogP contribution in [0.4, 0.5) is 5.69 Å². The zero-order valence-corrected chi connectivity index (χ0v) is 17.6. The minimum atomic E-state index is -0.487. The summed E-state index contributed by atoms with van der Waals surface area (Å²) >= 11 is 6.19. The molecule has 0 bridgehead atoms. The quantitative estimate of drug-likeness (QED) is 0.740. The largest absolute Gasteiger partial charge is 0.497 e. The van der Waals surface area contributed by atoms with E-state index in [1.807, 2.05) is 38.1 Å². The second kappa shape index (κ2) is 9.50. The highest BCUT2D eigenvalue weighted by Gasteiger charge is 2.23. The first kappa shape index (κ1) is 20.8. The average Bonchev–Trinajstić information content (AvgIpc) is 2.71. The molecule has 1 aliphatic heterocycles. The highest BCUT2D eigenvalue weighted by molar-refractivity contribution is 6.32. The Hall–Kier alpha value is -1.95. The zero-order chi connectivity index (χ0) is 20.1. The molecule has 2 aromatic rings. The molecule has 0 radical (unpaired) electrons. The van der Waals surface area contributed by atoms with E-state index in [1.165, 1.54) is 10.6 Å². The van der Waals surface area contributed by atoms with Gasteiger partial charge in [0.1, 0.15) is 30.8 Å². The zero-order valence-electron chi connectivity index (χ0n) is 16.9. The smallest absolute Gasteiger partial charge is 0.137 e. The Labute approximate surface area is 172 Å². The Morgan fingerprint density at radius 2 is 1.68 bits per heavy atom. The SMILES string of the molecule is COc1ccc(N2CC[NH+](C[C@H](O)COc3cc(C)c(Cl)c(C)c3)CC2)cc1. The Morgan fingerprint density at radius 3 is 2.25 bits per heavy atom. The molecule has 1 atom stereocenters. The van der Waals surface area contributed by atoms with Crippen molar-refractivity contribution in [3.8, 4) is 11.5 Å². The van der Waals surface area contributed by atoms with E-state index in [-0.39, 0.29) is 0 Å². The first-order chi connectivity index (χ1) is 13.5. The maximum atomic E-state index is 10.4. The van der Waals surface area contributed by atoms with Crippen LogP contribution in [0.1, 0.15) is 11.1 Å². The summed E-state index contributed by atoms with van der Waals surface area (Å²) in [6.45, 7) is 8.88. The molecule has 6 heteroatoms. The number of anilines is 1. The fourth-order valence-corrected chi connectivity index (χ4v) is 3.76. The number of hydrogen-bond donors (Lipinski definition) is 2. The number of methoxy groups -OCH3 is 1. The van der Waals surface area contributed by atoms with Crippen molar-refractivity contribution >= 4 is 17.3 Å². The highest BCUT2D eigenvalue weighted by Crippen LogP contribution is 2.25. The van der Waals surface area contributed by atoms with Gasteiger partial charge in [-0.1, -0.05) is 11.6 Å². The minimum Gasteiger partial charge on any atom is -0.497 e. The molecule has 0 unspecified atom stereocenters. The van der Waals surface area contributed by atoms with Crippen LogP contribution in [0.3, 0.4) is 0 Å². The molecule has 0 aliphatic carbocycles. The number of aryl methyl sites for hydroxylation is 2. The van der Waals surface area contributed by atoms with Gasteiger partial charge in [-0.25, -0.2) is 0 Å². The van der Waals surface area contributed by atoms with E-state index in [9.17, 15) is 5.11 Å². The van der Waals surface area contributed by atoms with Crippen molar-refractivity contribution < 1.29 is 19.5 Å². The van der Waals surface area contributed by atoms with Crippen molar-refractivity contribution in [2.24, 2.45) is 0 Å². The predicted octanol–water partition coefficient (Wildman–Crippen LogP) is 2.11. The van der Waals surface area contributed by atoms with Crippen molar-refractivity contribution in [1.29, 1.82) is 0 Å². The van der Waals surface area contributed by atoms with E-state index < -0.39 is 6.10 Å².